The molecule has 1 atom stereocenters. The maximum atomic E-state index is 5.59. The molecule has 1 aromatic rings. The maximum absolute atomic E-state index is 5.59. The Morgan fingerprint density at radius 1 is 1.50 bits per heavy atom. The molecule has 2 N–H and O–H groups in total. The van der Waals surface area contributed by atoms with Gasteiger partial charge in [0, 0.05) is 19.0 Å². The van der Waals surface area contributed by atoms with Crippen molar-refractivity contribution in [3.63, 3.8) is 0 Å². The third kappa shape index (κ3) is 4.68. The smallest absolute Gasteiger partial charge is 0.107 e. The zero-order valence-corrected chi connectivity index (χ0v) is 10.4. The number of nitrogens with two attached hydrogens (primary N) is 1. The summed E-state index contributed by atoms with van der Waals surface area (Å²) >= 11 is 4.90. The molecule has 0 radical (unpaired) electrons. The molecule has 0 saturated heterocycles. The Morgan fingerprint density at radius 2 is 2.19 bits per heavy atom. The highest BCUT2D eigenvalue weighted by atomic mass is 32.1. The largest absolute Gasteiger partial charge is 0.391 e. The summed E-state index contributed by atoms with van der Waals surface area (Å²) in [6.45, 7) is 2.71. The second-order valence-electron chi connectivity index (χ2n) is 3.63. The van der Waals surface area contributed by atoms with Gasteiger partial charge in [-0.25, -0.2) is 0 Å². The first-order valence-electron chi connectivity index (χ1n) is 5.54. The lowest BCUT2D eigenvalue weighted by molar-refractivity contribution is 0.0943. The zero-order valence-electron chi connectivity index (χ0n) is 9.56. The lowest BCUT2D eigenvalue weighted by Gasteiger charge is -2.14. The van der Waals surface area contributed by atoms with Crippen molar-refractivity contribution < 1.29 is 4.74 Å². The van der Waals surface area contributed by atoms with Crippen LogP contribution in [0.2, 0.25) is 0 Å². The fraction of sp³-hybridized carbons (Fsp3) is 0.500. The normalized spacial score (nSPS) is 12.3. The Kier molecular flexibility index (Phi) is 5.96. The molecule has 0 saturated carbocycles. The topological polar surface area (TPSA) is 48.1 Å². The monoisotopic (exact) mass is 238 g/mol. The van der Waals surface area contributed by atoms with Crippen molar-refractivity contribution >= 4 is 17.2 Å². The lowest BCUT2D eigenvalue weighted by Crippen LogP contribution is -2.29. The molecule has 0 aliphatic carbocycles. The number of hydrogen-bond acceptors (Lipinski definition) is 3. The molecule has 4 heteroatoms. The van der Waals surface area contributed by atoms with Gasteiger partial charge in [0.25, 0.3) is 0 Å². The summed E-state index contributed by atoms with van der Waals surface area (Å²) in [5, 5.41) is 0. The number of aryl methyl sites for hydroxylation is 1. The van der Waals surface area contributed by atoms with Gasteiger partial charge >= 0.3 is 0 Å². The van der Waals surface area contributed by atoms with Crippen LogP contribution in [0, 0.1) is 0 Å². The van der Waals surface area contributed by atoms with Gasteiger partial charge in [0.15, 0.2) is 0 Å². The average molecular weight is 238 g/mol. The molecular formula is C12H18N2OS. The molecule has 1 aromatic heterocycles. The van der Waals surface area contributed by atoms with Crippen LogP contribution in [0.4, 0.5) is 0 Å². The van der Waals surface area contributed by atoms with Gasteiger partial charge in [-0.15, -0.1) is 0 Å². The number of pyridine rings is 1. The Hall–Kier alpha value is -1.00. The molecule has 0 bridgehead atoms. The summed E-state index contributed by atoms with van der Waals surface area (Å²) in [6, 6.07) is 4.04. The molecular weight excluding hydrogens is 220 g/mol. The van der Waals surface area contributed by atoms with Gasteiger partial charge in [-0.1, -0.05) is 19.1 Å². The average Bonchev–Trinajstić information content (AvgIpc) is 2.30. The Bertz CT molecular complexity index is 316. The van der Waals surface area contributed by atoms with Gasteiger partial charge < -0.3 is 10.5 Å². The van der Waals surface area contributed by atoms with E-state index in [0.29, 0.717) is 11.6 Å². The van der Waals surface area contributed by atoms with Crippen LogP contribution in [0.15, 0.2) is 24.5 Å². The molecule has 16 heavy (non-hydrogen) atoms. The molecule has 0 aliphatic rings. The van der Waals surface area contributed by atoms with E-state index in [2.05, 4.69) is 4.98 Å². The molecule has 0 aromatic carbocycles. The highest BCUT2D eigenvalue weighted by molar-refractivity contribution is 7.80. The third-order valence-corrected chi connectivity index (χ3v) is 2.63. The van der Waals surface area contributed by atoms with E-state index >= 15 is 0 Å². The first kappa shape index (κ1) is 13.1. The van der Waals surface area contributed by atoms with Crippen LogP contribution in [0.5, 0.6) is 0 Å². The quantitative estimate of drug-likeness (QED) is 0.584. The summed E-state index contributed by atoms with van der Waals surface area (Å²) in [4.78, 5) is 4.42. The summed E-state index contributed by atoms with van der Waals surface area (Å²) < 4.78 is 5.59. The number of thiocarbonyl (C=S) groups is 1. The lowest BCUT2D eigenvalue weighted by atomic mass is 10.1. The molecule has 0 aliphatic heterocycles. The summed E-state index contributed by atoms with van der Waals surface area (Å²) in [5.41, 5.74) is 6.82. The second kappa shape index (κ2) is 7.30. The standard InChI is InChI=1S/C12H18N2OS/c1-2-11(12(13)16)15-9-3-4-10-5-7-14-8-6-10/h5-8,11H,2-4,9H2,1H3,(H2,13,16). The Balaban J connectivity index is 2.19. The number of nitrogens with zero attached hydrogens (tertiary/aromatic N) is 1. The van der Waals surface area contributed by atoms with Gasteiger partial charge in [-0.2, -0.15) is 0 Å². The van der Waals surface area contributed by atoms with Gasteiger partial charge in [-0.05, 0) is 37.0 Å². The van der Waals surface area contributed by atoms with Crippen LogP contribution < -0.4 is 5.73 Å². The molecule has 0 spiro atoms. The van der Waals surface area contributed by atoms with Crippen molar-refractivity contribution in [3.8, 4) is 0 Å². The highest BCUT2D eigenvalue weighted by Gasteiger charge is 2.08. The maximum Gasteiger partial charge on any atom is 0.107 e. The van der Waals surface area contributed by atoms with Gasteiger partial charge in [-0.3, -0.25) is 4.98 Å². The fourth-order valence-electron chi connectivity index (χ4n) is 1.45. The highest BCUT2D eigenvalue weighted by Crippen LogP contribution is 2.04. The number of rotatable bonds is 7. The van der Waals surface area contributed by atoms with Crippen molar-refractivity contribution in [1.29, 1.82) is 0 Å². The van der Waals surface area contributed by atoms with E-state index in [1.54, 1.807) is 12.4 Å². The Morgan fingerprint density at radius 3 is 2.75 bits per heavy atom. The Labute approximate surface area is 102 Å². The van der Waals surface area contributed by atoms with E-state index in [1.165, 1.54) is 5.56 Å². The van der Waals surface area contributed by atoms with Crippen LogP contribution >= 0.6 is 12.2 Å². The number of aromatic nitrogens is 1. The molecule has 0 amide bonds. The number of hydrogen-bond donors (Lipinski definition) is 1. The van der Waals surface area contributed by atoms with Crippen LogP contribution in [-0.4, -0.2) is 22.7 Å². The van der Waals surface area contributed by atoms with E-state index in [1.807, 2.05) is 19.1 Å². The molecule has 3 nitrogen and oxygen atoms in total. The predicted octanol–water partition coefficient (Wildman–Crippen LogP) is 2.10. The van der Waals surface area contributed by atoms with Crippen molar-refractivity contribution in [2.75, 3.05) is 6.61 Å². The summed E-state index contributed by atoms with van der Waals surface area (Å²) in [7, 11) is 0. The van der Waals surface area contributed by atoms with E-state index in [4.69, 9.17) is 22.7 Å². The third-order valence-electron chi connectivity index (χ3n) is 2.37. The number of ether oxygens (including phenoxy) is 1. The van der Waals surface area contributed by atoms with E-state index in [0.717, 1.165) is 19.3 Å². The minimum atomic E-state index is -0.0764. The minimum absolute atomic E-state index is 0.0764. The second-order valence-corrected chi connectivity index (χ2v) is 4.10. The first-order chi connectivity index (χ1) is 7.74. The minimum Gasteiger partial charge on any atom is -0.391 e. The molecule has 88 valence electrons. The van der Waals surface area contributed by atoms with Crippen LogP contribution in [0.3, 0.4) is 0 Å². The van der Waals surface area contributed by atoms with Gasteiger partial charge in [0.1, 0.15) is 11.1 Å². The van der Waals surface area contributed by atoms with Crippen LogP contribution in [0.25, 0.3) is 0 Å². The van der Waals surface area contributed by atoms with E-state index < -0.39 is 0 Å². The predicted molar refractivity (Wildman–Crippen MR) is 69.4 cm³/mol. The molecule has 0 fully saturated rings. The van der Waals surface area contributed by atoms with E-state index in [-0.39, 0.29) is 6.10 Å². The first-order valence-corrected chi connectivity index (χ1v) is 5.94. The van der Waals surface area contributed by atoms with Crippen LogP contribution in [-0.2, 0) is 11.2 Å². The van der Waals surface area contributed by atoms with Crippen molar-refractivity contribution in [2.24, 2.45) is 5.73 Å². The fourth-order valence-corrected chi connectivity index (χ4v) is 1.69. The summed E-state index contributed by atoms with van der Waals surface area (Å²) in [6.07, 6.45) is 6.34. The van der Waals surface area contributed by atoms with Crippen LogP contribution in [0.1, 0.15) is 25.3 Å². The van der Waals surface area contributed by atoms with Gasteiger partial charge in [0.05, 0.1) is 0 Å². The SMILES string of the molecule is CCC(OCCCc1ccncc1)C(N)=S. The molecule has 1 unspecified atom stereocenters. The molecule has 1 rings (SSSR count). The zero-order chi connectivity index (χ0) is 11.8. The molecule has 1 heterocycles. The summed E-state index contributed by atoms with van der Waals surface area (Å²) in [5.74, 6) is 0. The van der Waals surface area contributed by atoms with Gasteiger partial charge in [0.2, 0.25) is 0 Å². The van der Waals surface area contributed by atoms with E-state index in [9.17, 15) is 0 Å². The van der Waals surface area contributed by atoms with Crippen molar-refractivity contribution in [1.82, 2.24) is 4.98 Å². The van der Waals surface area contributed by atoms with Crippen molar-refractivity contribution in [3.05, 3.63) is 30.1 Å². The van der Waals surface area contributed by atoms with Crippen molar-refractivity contribution in [2.45, 2.75) is 32.3 Å².